The van der Waals surface area contributed by atoms with Crippen molar-refractivity contribution < 1.29 is 28.5 Å². The first-order chi connectivity index (χ1) is 35.0. The van der Waals surface area contributed by atoms with Gasteiger partial charge in [-0.15, -0.1) is 0 Å². The number of rotatable bonds is 14. The van der Waals surface area contributed by atoms with Gasteiger partial charge in [0.15, 0.2) is 23.0 Å². The SMILES string of the molecule is C.CNC(=O)c1cc(=O)n(CCN2CCC(NCc3ccc4c(c3)OCCO4)CC2)c2cc(C)ccc12.CNC(=O)c1cc(=O)n(CCN2CCC(NCc3ccc4c(c3)OCCO4)CC2)c2cc(C)ccc12. The van der Waals surface area contributed by atoms with E-state index in [1.165, 1.54) is 23.3 Å². The highest BCUT2D eigenvalue weighted by Gasteiger charge is 2.23. The summed E-state index contributed by atoms with van der Waals surface area (Å²) >= 11 is 0. The highest BCUT2D eigenvalue weighted by molar-refractivity contribution is 6.07. The molecule has 73 heavy (non-hydrogen) atoms. The minimum atomic E-state index is -0.237. The van der Waals surface area contributed by atoms with Gasteiger partial charge in [-0.05, 0) is 124 Å². The van der Waals surface area contributed by atoms with Gasteiger partial charge in [-0.1, -0.05) is 43.8 Å². The number of amides is 2. The van der Waals surface area contributed by atoms with Gasteiger partial charge >= 0.3 is 0 Å². The summed E-state index contributed by atoms with van der Waals surface area (Å²) in [6, 6.07) is 28.0. The van der Waals surface area contributed by atoms with Gasteiger partial charge in [-0.3, -0.25) is 19.2 Å². The number of hydrogen-bond acceptors (Lipinski definition) is 12. The van der Waals surface area contributed by atoms with Gasteiger partial charge in [-0.25, -0.2) is 0 Å². The average molecular weight is 997 g/mol. The van der Waals surface area contributed by atoms with E-state index < -0.39 is 0 Å². The Hall–Kier alpha value is -6.72. The molecule has 6 aromatic rings. The van der Waals surface area contributed by atoms with Crippen LogP contribution in [0, 0.1) is 13.8 Å². The second-order valence-electron chi connectivity index (χ2n) is 19.2. The minimum absolute atomic E-state index is 0. The number of piperidine rings is 2. The van der Waals surface area contributed by atoms with Gasteiger partial charge in [0.1, 0.15) is 26.4 Å². The number of pyridine rings is 2. The lowest BCUT2D eigenvalue weighted by Gasteiger charge is -2.32. The van der Waals surface area contributed by atoms with Gasteiger partial charge < -0.3 is 59.1 Å². The van der Waals surface area contributed by atoms with E-state index in [0.717, 1.165) is 134 Å². The highest BCUT2D eigenvalue weighted by atomic mass is 16.6. The lowest BCUT2D eigenvalue weighted by Crippen LogP contribution is -2.43. The zero-order chi connectivity index (χ0) is 50.1. The molecule has 16 nitrogen and oxygen atoms in total. The third-order valence-corrected chi connectivity index (χ3v) is 14.3. The van der Waals surface area contributed by atoms with Gasteiger partial charge in [0.25, 0.3) is 22.9 Å². The predicted molar refractivity (Wildman–Crippen MR) is 287 cm³/mol. The average Bonchev–Trinajstić information content (AvgIpc) is 3.41. The first-order valence-corrected chi connectivity index (χ1v) is 25.4. The van der Waals surface area contributed by atoms with E-state index in [0.29, 0.717) is 62.7 Å². The largest absolute Gasteiger partial charge is 0.486 e. The van der Waals surface area contributed by atoms with E-state index in [1.807, 2.05) is 62.4 Å². The second kappa shape index (κ2) is 24.3. The topological polar surface area (TPSA) is 170 Å². The van der Waals surface area contributed by atoms with Crippen molar-refractivity contribution in [3.05, 3.63) is 139 Å². The molecule has 0 radical (unpaired) electrons. The second-order valence-corrected chi connectivity index (χ2v) is 19.2. The summed E-state index contributed by atoms with van der Waals surface area (Å²) < 4.78 is 26.2. The Kier molecular flexibility index (Phi) is 17.5. The molecular weight excluding hydrogens is 925 g/mol. The van der Waals surface area contributed by atoms with Crippen LogP contribution in [0.3, 0.4) is 0 Å². The van der Waals surface area contributed by atoms with Crippen LogP contribution in [-0.4, -0.2) is 123 Å². The van der Waals surface area contributed by atoms with Crippen LogP contribution in [0.25, 0.3) is 21.8 Å². The molecular formula is C57H72N8O8. The molecule has 388 valence electrons. The number of likely N-dealkylation sites (tertiary alicyclic amines) is 2. The van der Waals surface area contributed by atoms with Crippen LogP contribution < -0.4 is 51.3 Å². The summed E-state index contributed by atoms with van der Waals surface area (Å²) in [6.45, 7) is 14.8. The Balaban J connectivity index is 0.000000192. The maximum absolute atomic E-state index is 13.0. The molecule has 4 aliphatic rings. The van der Waals surface area contributed by atoms with Crippen LogP contribution in [0.5, 0.6) is 23.0 Å². The molecule has 4 aromatic carbocycles. The first-order valence-electron chi connectivity index (χ1n) is 25.4. The van der Waals surface area contributed by atoms with Crippen molar-refractivity contribution in [3.63, 3.8) is 0 Å². The summed E-state index contributed by atoms with van der Waals surface area (Å²) in [5.41, 5.74) is 6.74. The Labute approximate surface area is 427 Å². The lowest BCUT2D eigenvalue weighted by molar-refractivity contribution is 0.0956. The van der Waals surface area contributed by atoms with Crippen molar-refractivity contribution in [1.29, 1.82) is 0 Å². The minimum Gasteiger partial charge on any atom is -0.486 e. The van der Waals surface area contributed by atoms with E-state index in [4.69, 9.17) is 18.9 Å². The van der Waals surface area contributed by atoms with E-state index in [-0.39, 0.29) is 30.4 Å². The van der Waals surface area contributed by atoms with Crippen molar-refractivity contribution in [1.82, 2.24) is 40.2 Å². The van der Waals surface area contributed by atoms with Gasteiger partial charge in [0, 0.05) is 88.4 Å². The fourth-order valence-electron chi connectivity index (χ4n) is 10.2. The molecule has 16 heteroatoms. The number of nitrogens with one attached hydrogen (secondary N) is 4. The van der Waals surface area contributed by atoms with Crippen LogP contribution in [0.15, 0.2) is 94.5 Å². The zero-order valence-corrected chi connectivity index (χ0v) is 42.0. The molecule has 2 aromatic heterocycles. The molecule has 0 spiro atoms. The smallest absolute Gasteiger partial charge is 0.251 e. The molecule has 0 unspecified atom stereocenters. The van der Waals surface area contributed by atoms with Crippen LogP contribution in [0.4, 0.5) is 0 Å². The number of hydrogen-bond donors (Lipinski definition) is 4. The Morgan fingerprint density at radius 3 is 1.27 bits per heavy atom. The molecule has 6 heterocycles. The fraction of sp³-hybridized carbons (Fsp3) is 0.439. The molecule has 2 fully saturated rings. The number of fused-ring (bicyclic) bond motifs is 4. The van der Waals surface area contributed by atoms with Crippen LogP contribution >= 0.6 is 0 Å². The molecule has 0 aliphatic carbocycles. The van der Waals surface area contributed by atoms with Gasteiger partial charge in [0.05, 0.1) is 22.2 Å². The number of carbonyl (C=O) groups is 2. The number of aryl methyl sites for hydroxylation is 2. The van der Waals surface area contributed by atoms with Gasteiger partial charge in [0.2, 0.25) is 0 Å². The summed E-state index contributed by atoms with van der Waals surface area (Å²) in [6.07, 6.45) is 4.26. The maximum atomic E-state index is 13.0. The molecule has 2 amide bonds. The van der Waals surface area contributed by atoms with Crippen molar-refractivity contribution >= 4 is 33.6 Å². The fourth-order valence-corrected chi connectivity index (χ4v) is 10.2. The van der Waals surface area contributed by atoms with E-state index in [9.17, 15) is 19.2 Å². The van der Waals surface area contributed by atoms with Crippen molar-refractivity contribution in [2.45, 2.75) is 85.2 Å². The van der Waals surface area contributed by atoms with E-state index in [1.54, 1.807) is 23.2 Å². The molecule has 10 rings (SSSR count). The third kappa shape index (κ3) is 12.7. The monoisotopic (exact) mass is 997 g/mol. The molecule has 4 aliphatic heterocycles. The predicted octanol–water partition coefficient (Wildman–Crippen LogP) is 6.03. The van der Waals surface area contributed by atoms with Crippen molar-refractivity contribution in [2.75, 3.05) is 79.8 Å². The number of ether oxygens (including phenoxy) is 4. The Bertz CT molecular complexity index is 2820. The standard InChI is InChI=1S/2C28H34N4O4.CH4/c2*1-19-3-5-22-23(28(34)29-2)17-27(33)32(24(22)15-19)12-11-31-9-7-21(8-10-31)30-18-20-4-6-25-26(16-20)36-14-13-35-25;/h2*3-6,15-17,21,30H,7-14,18H2,1-2H3,(H,29,34);1H4. The maximum Gasteiger partial charge on any atom is 0.251 e. The number of benzene rings is 4. The number of aromatic nitrogens is 2. The highest BCUT2D eigenvalue weighted by Crippen LogP contribution is 2.32. The summed E-state index contributed by atoms with van der Waals surface area (Å²) in [5.74, 6) is 2.83. The molecule has 0 atom stereocenters. The van der Waals surface area contributed by atoms with Crippen molar-refractivity contribution in [3.8, 4) is 23.0 Å². The molecule has 2 saturated heterocycles. The summed E-state index contributed by atoms with van der Waals surface area (Å²) in [4.78, 5) is 55.4. The third-order valence-electron chi connectivity index (χ3n) is 14.3. The van der Waals surface area contributed by atoms with Crippen molar-refractivity contribution in [2.24, 2.45) is 0 Å². The first kappa shape index (κ1) is 52.6. The normalized spacial score (nSPS) is 16.1. The van der Waals surface area contributed by atoms with Gasteiger partial charge in [-0.2, -0.15) is 0 Å². The Morgan fingerprint density at radius 2 is 0.890 bits per heavy atom. The van der Waals surface area contributed by atoms with Crippen LogP contribution in [0.2, 0.25) is 0 Å². The lowest BCUT2D eigenvalue weighted by atomic mass is 10.0. The zero-order valence-electron chi connectivity index (χ0n) is 42.0. The molecule has 0 bridgehead atoms. The molecule has 0 saturated carbocycles. The molecule has 4 N–H and O–H groups in total. The van der Waals surface area contributed by atoms with Crippen LogP contribution in [-0.2, 0) is 26.2 Å². The number of nitrogens with zero attached hydrogens (tertiary/aromatic N) is 4. The van der Waals surface area contributed by atoms with E-state index in [2.05, 4.69) is 55.3 Å². The quantitative estimate of drug-likeness (QED) is 0.100. The Morgan fingerprint density at radius 1 is 0.507 bits per heavy atom. The summed E-state index contributed by atoms with van der Waals surface area (Å²) in [7, 11) is 3.17. The van der Waals surface area contributed by atoms with E-state index >= 15 is 0 Å². The summed E-state index contributed by atoms with van der Waals surface area (Å²) in [5, 5.41) is 14.3. The van der Waals surface area contributed by atoms with Crippen LogP contribution in [0.1, 0.15) is 76.1 Å². The number of carbonyl (C=O) groups excluding carboxylic acids is 2.